The minimum Gasteiger partial charge on any atom is -0.480 e. The van der Waals surface area contributed by atoms with Gasteiger partial charge in [-0.05, 0) is 42.7 Å². The molecular formula is C13H16FNO3S2. The smallest absolute Gasteiger partial charge is 0.326 e. The highest BCUT2D eigenvalue weighted by atomic mass is 32.2. The Hall–Kier alpha value is -1.21. The van der Waals surface area contributed by atoms with Crippen molar-refractivity contribution >= 4 is 35.4 Å². The van der Waals surface area contributed by atoms with E-state index < -0.39 is 12.0 Å². The number of hydrogen-bond acceptors (Lipinski definition) is 4. The number of carbonyl (C=O) groups is 2. The fraction of sp³-hybridized carbons (Fsp3) is 0.385. The maximum absolute atomic E-state index is 12.7. The normalized spacial score (nSPS) is 11.9. The van der Waals surface area contributed by atoms with Gasteiger partial charge in [0.05, 0.1) is 5.75 Å². The molecule has 1 amide bonds. The summed E-state index contributed by atoms with van der Waals surface area (Å²) in [5.74, 6) is -0.925. The number of hydrogen-bond donors (Lipinski definition) is 2. The van der Waals surface area contributed by atoms with E-state index in [1.807, 2.05) is 6.26 Å². The zero-order chi connectivity index (χ0) is 15.0. The Balaban J connectivity index is 2.41. The molecule has 0 saturated heterocycles. The highest BCUT2D eigenvalue weighted by molar-refractivity contribution is 8.00. The van der Waals surface area contributed by atoms with Crippen LogP contribution in [0, 0.1) is 5.82 Å². The molecule has 110 valence electrons. The Morgan fingerprint density at radius 2 is 2.00 bits per heavy atom. The average Bonchev–Trinajstić information content (AvgIpc) is 2.42. The summed E-state index contributed by atoms with van der Waals surface area (Å²) in [7, 11) is 0. The second kappa shape index (κ2) is 8.86. The molecule has 0 aliphatic heterocycles. The molecule has 1 aromatic rings. The zero-order valence-corrected chi connectivity index (χ0v) is 12.6. The largest absolute Gasteiger partial charge is 0.480 e. The number of halogens is 1. The molecule has 0 saturated carbocycles. The van der Waals surface area contributed by atoms with Gasteiger partial charge in [0.15, 0.2) is 0 Å². The van der Waals surface area contributed by atoms with Crippen LogP contribution in [0.25, 0.3) is 0 Å². The summed E-state index contributed by atoms with van der Waals surface area (Å²) in [4.78, 5) is 23.4. The van der Waals surface area contributed by atoms with E-state index in [-0.39, 0.29) is 17.5 Å². The first-order valence-corrected chi connectivity index (χ1v) is 8.30. The molecule has 1 aromatic carbocycles. The number of nitrogens with one attached hydrogen (secondary N) is 1. The van der Waals surface area contributed by atoms with Gasteiger partial charge in [0.25, 0.3) is 0 Å². The Kier molecular flexibility index (Phi) is 7.46. The van der Waals surface area contributed by atoms with Crippen molar-refractivity contribution in [3.8, 4) is 0 Å². The fourth-order valence-corrected chi connectivity index (χ4v) is 2.59. The molecule has 0 radical (unpaired) electrons. The van der Waals surface area contributed by atoms with Crippen LogP contribution in [0.3, 0.4) is 0 Å². The van der Waals surface area contributed by atoms with Crippen LogP contribution in [0.1, 0.15) is 6.42 Å². The molecule has 1 unspecified atom stereocenters. The Bertz CT molecular complexity index is 453. The van der Waals surface area contributed by atoms with Crippen molar-refractivity contribution < 1.29 is 19.1 Å². The molecule has 0 bridgehead atoms. The lowest BCUT2D eigenvalue weighted by Crippen LogP contribution is -2.42. The molecule has 0 heterocycles. The quantitative estimate of drug-likeness (QED) is 0.720. The minimum absolute atomic E-state index is 0.106. The monoisotopic (exact) mass is 317 g/mol. The van der Waals surface area contributed by atoms with Crippen molar-refractivity contribution in [2.24, 2.45) is 0 Å². The second-order valence-electron chi connectivity index (χ2n) is 3.98. The SMILES string of the molecule is CSCCC(NC(=O)CSc1ccc(F)cc1)C(=O)O. The van der Waals surface area contributed by atoms with Crippen molar-refractivity contribution in [3.63, 3.8) is 0 Å². The fourth-order valence-electron chi connectivity index (χ4n) is 1.41. The summed E-state index contributed by atoms with van der Waals surface area (Å²) >= 11 is 2.77. The van der Waals surface area contributed by atoms with Crippen LogP contribution in [0.5, 0.6) is 0 Å². The van der Waals surface area contributed by atoms with Gasteiger partial charge in [-0.25, -0.2) is 9.18 Å². The lowest BCUT2D eigenvalue weighted by atomic mass is 10.2. The van der Waals surface area contributed by atoms with E-state index in [2.05, 4.69) is 5.32 Å². The summed E-state index contributed by atoms with van der Waals surface area (Å²) in [6, 6.07) is 4.94. The average molecular weight is 317 g/mol. The van der Waals surface area contributed by atoms with Gasteiger partial charge in [-0.1, -0.05) is 0 Å². The van der Waals surface area contributed by atoms with Crippen LogP contribution in [0.2, 0.25) is 0 Å². The first kappa shape index (κ1) is 16.8. The molecule has 1 atom stereocenters. The highest BCUT2D eigenvalue weighted by Gasteiger charge is 2.19. The first-order valence-electron chi connectivity index (χ1n) is 5.92. The van der Waals surface area contributed by atoms with E-state index in [1.54, 1.807) is 12.1 Å². The molecule has 0 aliphatic carbocycles. The maximum Gasteiger partial charge on any atom is 0.326 e. The summed E-state index contributed by atoms with van der Waals surface area (Å²) in [5, 5.41) is 11.5. The molecule has 0 fully saturated rings. The molecule has 0 aromatic heterocycles. The molecule has 4 nitrogen and oxygen atoms in total. The summed E-state index contributed by atoms with van der Waals surface area (Å²) in [6.07, 6.45) is 2.27. The first-order chi connectivity index (χ1) is 9.52. The number of rotatable bonds is 8. The molecular weight excluding hydrogens is 301 g/mol. The molecule has 0 aliphatic rings. The number of carboxylic acids is 1. The summed E-state index contributed by atoms with van der Waals surface area (Å²) < 4.78 is 12.7. The van der Waals surface area contributed by atoms with E-state index in [0.717, 1.165) is 4.90 Å². The van der Waals surface area contributed by atoms with Crippen LogP contribution in [-0.2, 0) is 9.59 Å². The maximum atomic E-state index is 12.7. The lowest BCUT2D eigenvalue weighted by Gasteiger charge is -2.13. The van der Waals surface area contributed by atoms with Crippen molar-refractivity contribution in [3.05, 3.63) is 30.1 Å². The standard InChI is InChI=1S/C13H16FNO3S2/c1-19-7-6-11(13(17)18)15-12(16)8-20-10-4-2-9(14)3-5-10/h2-5,11H,6-8H2,1H3,(H,15,16)(H,17,18). The molecule has 20 heavy (non-hydrogen) atoms. The number of amides is 1. The Morgan fingerprint density at radius 3 is 2.55 bits per heavy atom. The van der Waals surface area contributed by atoms with E-state index >= 15 is 0 Å². The molecule has 2 N–H and O–H groups in total. The van der Waals surface area contributed by atoms with Gasteiger partial charge in [-0.15, -0.1) is 11.8 Å². The number of thioether (sulfide) groups is 2. The lowest BCUT2D eigenvalue weighted by molar-refractivity contribution is -0.141. The Labute approximate surface area is 125 Å². The van der Waals surface area contributed by atoms with Gasteiger partial charge in [-0.3, -0.25) is 4.79 Å². The van der Waals surface area contributed by atoms with Crippen molar-refractivity contribution in [2.45, 2.75) is 17.4 Å². The van der Waals surface area contributed by atoms with Gasteiger partial charge in [0, 0.05) is 4.90 Å². The van der Waals surface area contributed by atoms with Crippen LogP contribution in [0.4, 0.5) is 4.39 Å². The van der Waals surface area contributed by atoms with Crippen LogP contribution >= 0.6 is 23.5 Å². The number of aliphatic carboxylic acids is 1. The topological polar surface area (TPSA) is 66.4 Å². The zero-order valence-electron chi connectivity index (χ0n) is 11.0. The van der Waals surface area contributed by atoms with Crippen LogP contribution < -0.4 is 5.32 Å². The van der Waals surface area contributed by atoms with Crippen LogP contribution in [-0.4, -0.2) is 40.8 Å². The van der Waals surface area contributed by atoms with E-state index in [0.29, 0.717) is 12.2 Å². The van der Waals surface area contributed by atoms with E-state index in [9.17, 15) is 14.0 Å². The van der Waals surface area contributed by atoms with Gasteiger partial charge < -0.3 is 10.4 Å². The predicted molar refractivity (Wildman–Crippen MR) is 79.7 cm³/mol. The third-order valence-electron chi connectivity index (χ3n) is 2.43. The number of carbonyl (C=O) groups excluding carboxylic acids is 1. The van der Waals surface area contributed by atoms with Crippen molar-refractivity contribution in [1.29, 1.82) is 0 Å². The van der Waals surface area contributed by atoms with E-state index in [1.165, 1.54) is 35.7 Å². The molecule has 1 rings (SSSR count). The summed E-state index contributed by atoms with van der Waals surface area (Å²) in [6.45, 7) is 0. The van der Waals surface area contributed by atoms with Gasteiger partial charge in [0.2, 0.25) is 5.91 Å². The second-order valence-corrected chi connectivity index (χ2v) is 6.02. The Morgan fingerprint density at radius 1 is 1.35 bits per heavy atom. The van der Waals surface area contributed by atoms with Gasteiger partial charge in [0.1, 0.15) is 11.9 Å². The minimum atomic E-state index is -1.03. The number of benzene rings is 1. The predicted octanol–water partition coefficient (Wildman–Crippen LogP) is 2.24. The number of carboxylic acid groups (broad SMARTS) is 1. The van der Waals surface area contributed by atoms with Crippen molar-refractivity contribution in [1.82, 2.24) is 5.32 Å². The third-order valence-corrected chi connectivity index (χ3v) is 4.08. The highest BCUT2D eigenvalue weighted by Crippen LogP contribution is 2.17. The molecule has 7 heteroatoms. The van der Waals surface area contributed by atoms with Crippen LogP contribution in [0.15, 0.2) is 29.2 Å². The van der Waals surface area contributed by atoms with Gasteiger partial charge in [-0.2, -0.15) is 11.8 Å². The van der Waals surface area contributed by atoms with E-state index in [4.69, 9.17) is 5.11 Å². The van der Waals surface area contributed by atoms with Crippen molar-refractivity contribution in [2.75, 3.05) is 17.8 Å². The van der Waals surface area contributed by atoms with Gasteiger partial charge >= 0.3 is 5.97 Å². The molecule has 0 spiro atoms. The summed E-state index contributed by atoms with van der Waals surface area (Å²) in [5.41, 5.74) is 0. The third kappa shape index (κ3) is 6.29.